The molecule has 3 fully saturated rings. The van der Waals surface area contributed by atoms with Crippen molar-refractivity contribution >= 4 is 23.6 Å². The first kappa shape index (κ1) is 14.2. The van der Waals surface area contributed by atoms with Gasteiger partial charge in [0.15, 0.2) is 0 Å². The van der Waals surface area contributed by atoms with Crippen LogP contribution in [0, 0.1) is 5.92 Å². The Hall–Kier alpha value is -0.710. The quantitative estimate of drug-likeness (QED) is 0.849. The second-order valence-electron chi connectivity index (χ2n) is 6.73. The van der Waals surface area contributed by atoms with E-state index in [1.54, 1.807) is 11.8 Å². The summed E-state index contributed by atoms with van der Waals surface area (Å²) in [6.45, 7) is 4.37. The van der Waals surface area contributed by atoms with Crippen LogP contribution in [0.5, 0.6) is 0 Å². The van der Waals surface area contributed by atoms with E-state index in [2.05, 4.69) is 19.2 Å². The summed E-state index contributed by atoms with van der Waals surface area (Å²) < 4.78 is 0. The Kier molecular flexibility index (Phi) is 3.73. The van der Waals surface area contributed by atoms with Gasteiger partial charge in [-0.3, -0.25) is 9.59 Å². The van der Waals surface area contributed by atoms with Gasteiger partial charge >= 0.3 is 0 Å². The lowest BCUT2D eigenvalue weighted by molar-refractivity contribution is -0.138. The standard InChI is InChI=1S/C15H24N2O2S/c1-10-3-5-11(6-4-10)16-14(19)12-9-20-15(2)8-7-13(18)17(12)15/h10-12H,3-9H2,1-2H3,(H,16,19)/t10?,11?,12-,15+/m1/s1. The minimum atomic E-state index is -0.251. The van der Waals surface area contributed by atoms with Crippen LogP contribution in [0.3, 0.4) is 0 Å². The zero-order chi connectivity index (χ0) is 14.3. The molecule has 3 aliphatic rings. The lowest BCUT2D eigenvalue weighted by atomic mass is 9.87. The van der Waals surface area contributed by atoms with Crippen LogP contribution in [0.2, 0.25) is 0 Å². The van der Waals surface area contributed by atoms with Crippen molar-refractivity contribution in [3.05, 3.63) is 0 Å². The summed E-state index contributed by atoms with van der Waals surface area (Å²) in [5, 5.41) is 3.19. The number of hydrogen-bond donors (Lipinski definition) is 1. The number of rotatable bonds is 2. The van der Waals surface area contributed by atoms with E-state index in [9.17, 15) is 9.59 Å². The van der Waals surface area contributed by atoms with Gasteiger partial charge in [0, 0.05) is 18.2 Å². The number of thioether (sulfide) groups is 1. The summed E-state index contributed by atoms with van der Waals surface area (Å²) in [5.41, 5.74) is 0. The predicted molar refractivity (Wildman–Crippen MR) is 80.3 cm³/mol. The van der Waals surface area contributed by atoms with Crippen LogP contribution in [0.4, 0.5) is 0 Å². The van der Waals surface area contributed by atoms with Crippen molar-refractivity contribution in [2.75, 3.05) is 5.75 Å². The monoisotopic (exact) mass is 296 g/mol. The number of amides is 2. The van der Waals surface area contributed by atoms with Crippen LogP contribution in [0.25, 0.3) is 0 Å². The van der Waals surface area contributed by atoms with Gasteiger partial charge in [0.2, 0.25) is 11.8 Å². The minimum Gasteiger partial charge on any atom is -0.352 e. The summed E-state index contributed by atoms with van der Waals surface area (Å²) in [5.74, 6) is 1.75. The molecule has 0 spiro atoms. The smallest absolute Gasteiger partial charge is 0.243 e. The summed E-state index contributed by atoms with van der Waals surface area (Å²) in [7, 11) is 0. The van der Waals surface area contributed by atoms with Gasteiger partial charge in [0.1, 0.15) is 6.04 Å². The Labute approximate surface area is 125 Å². The van der Waals surface area contributed by atoms with Crippen molar-refractivity contribution in [3.8, 4) is 0 Å². The van der Waals surface area contributed by atoms with Crippen LogP contribution in [-0.2, 0) is 9.59 Å². The number of nitrogens with zero attached hydrogens (tertiary/aromatic N) is 1. The average Bonchev–Trinajstić information content (AvgIpc) is 2.90. The van der Waals surface area contributed by atoms with Gasteiger partial charge < -0.3 is 10.2 Å². The van der Waals surface area contributed by atoms with Gasteiger partial charge in [0.25, 0.3) is 0 Å². The van der Waals surface area contributed by atoms with Crippen LogP contribution in [0.1, 0.15) is 52.4 Å². The Bertz CT molecular complexity index is 420. The molecule has 1 saturated carbocycles. The van der Waals surface area contributed by atoms with E-state index in [0.29, 0.717) is 12.5 Å². The third-order valence-corrected chi connectivity index (χ3v) is 6.61. The van der Waals surface area contributed by atoms with Gasteiger partial charge in [-0.15, -0.1) is 11.8 Å². The van der Waals surface area contributed by atoms with E-state index >= 15 is 0 Å². The molecule has 2 heterocycles. The van der Waals surface area contributed by atoms with Crippen molar-refractivity contribution in [2.24, 2.45) is 5.92 Å². The number of nitrogens with one attached hydrogen (secondary N) is 1. The van der Waals surface area contributed by atoms with Gasteiger partial charge in [0.05, 0.1) is 4.87 Å². The lowest BCUT2D eigenvalue weighted by Crippen LogP contribution is -2.52. The Morgan fingerprint density at radius 3 is 2.75 bits per heavy atom. The Morgan fingerprint density at radius 2 is 2.05 bits per heavy atom. The van der Waals surface area contributed by atoms with Gasteiger partial charge in [-0.2, -0.15) is 0 Å². The molecule has 20 heavy (non-hydrogen) atoms. The molecule has 0 radical (unpaired) electrons. The molecule has 5 heteroatoms. The van der Waals surface area contributed by atoms with Crippen molar-refractivity contribution in [1.82, 2.24) is 10.2 Å². The fourth-order valence-electron chi connectivity index (χ4n) is 3.72. The second kappa shape index (κ2) is 5.24. The molecular formula is C15H24N2O2S. The molecule has 4 nitrogen and oxygen atoms in total. The fourth-order valence-corrected chi connectivity index (χ4v) is 5.15. The Morgan fingerprint density at radius 1 is 1.35 bits per heavy atom. The lowest BCUT2D eigenvalue weighted by Gasteiger charge is -2.32. The largest absolute Gasteiger partial charge is 0.352 e. The number of hydrogen-bond acceptors (Lipinski definition) is 3. The minimum absolute atomic E-state index is 0.0658. The normalized spacial score (nSPS) is 40.8. The topological polar surface area (TPSA) is 49.4 Å². The van der Waals surface area contributed by atoms with E-state index in [-0.39, 0.29) is 22.7 Å². The van der Waals surface area contributed by atoms with Crippen LogP contribution in [-0.4, -0.2) is 39.4 Å². The molecule has 0 aromatic heterocycles. The average molecular weight is 296 g/mol. The predicted octanol–water partition coefficient (Wildman–Crippen LogP) is 2.14. The molecular weight excluding hydrogens is 272 g/mol. The molecule has 0 aromatic rings. The summed E-state index contributed by atoms with van der Waals surface area (Å²) in [4.78, 5) is 26.3. The highest BCUT2D eigenvalue weighted by atomic mass is 32.2. The maximum Gasteiger partial charge on any atom is 0.243 e. The zero-order valence-electron chi connectivity index (χ0n) is 12.4. The van der Waals surface area contributed by atoms with Gasteiger partial charge in [-0.05, 0) is 44.9 Å². The fraction of sp³-hybridized carbons (Fsp3) is 0.867. The van der Waals surface area contributed by atoms with Crippen molar-refractivity contribution in [3.63, 3.8) is 0 Å². The third-order valence-electron chi connectivity index (χ3n) is 5.11. The van der Waals surface area contributed by atoms with E-state index in [1.165, 1.54) is 12.8 Å². The number of carbonyl (C=O) groups is 2. The van der Waals surface area contributed by atoms with Gasteiger partial charge in [-0.1, -0.05) is 6.92 Å². The Balaban J connectivity index is 1.62. The molecule has 112 valence electrons. The first-order valence-electron chi connectivity index (χ1n) is 7.76. The van der Waals surface area contributed by atoms with E-state index in [0.717, 1.165) is 30.9 Å². The molecule has 0 aromatic carbocycles. The molecule has 2 saturated heterocycles. The zero-order valence-corrected chi connectivity index (χ0v) is 13.2. The summed E-state index contributed by atoms with van der Waals surface area (Å²) in [6, 6.07) is 0.0626. The molecule has 0 unspecified atom stereocenters. The first-order chi connectivity index (χ1) is 9.49. The SMILES string of the molecule is CC1CCC(NC(=O)[C@H]2CS[C@@]3(C)CCC(=O)N23)CC1. The highest BCUT2D eigenvalue weighted by molar-refractivity contribution is 8.01. The molecule has 2 amide bonds. The van der Waals surface area contributed by atoms with Crippen molar-refractivity contribution < 1.29 is 9.59 Å². The molecule has 1 aliphatic carbocycles. The third kappa shape index (κ3) is 2.45. The second-order valence-corrected chi connectivity index (χ2v) is 8.23. The molecule has 1 N–H and O–H groups in total. The highest BCUT2D eigenvalue weighted by Gasteiger charge is 2.53. The van der Waals surface area contributed by atoms with Crippen molar-refractivity contribution in [1.29, 1.82) is 0 Å². The first-order valence-corrected chi connectivity index (χ1v) is 8.75. The van der Waals surface area contributed by atoms with Crippen LogP contribution < -0.4 is 5.32 Å². The number of carbonyl (C=O) groups excluding carboxylic acids is 2. The van der Waals surface area contributed by atoms with Crippen molar-refractivity contribution in [2.45, 2.75) is 69.3 Å². The molecule has 2 atom stereocenters. The number of fused-ring (bicyclic) bond motifs is 1. The highest BCUT2D eigenvalue weighted by Crippen LogP contribution is 2.47. The van der Waals surface area contributed by atoms with Crippen LogP contribution in [0.15, 0.2) is 0 Å². The maximum atomic E-state index is 12.5. The van der Waals surface area contributed by atoms with Crippen LogP contribution >= 0.6 is 11.8 Å². The maximum absolute atomic E-state index is 12.5. The van der Waals surface area contributed by atoms with E-state index in [1.807, 2.05) is 4.90 Å². The molecule has 0 bridgehead atoms. The molecule has 2 aliphatic heterocycles. The summed E-state index contributed by atoms with van der Waals surface area (Å²) >= 11 is 1.76. The van der Waals surface area contributed by atoms with E-state index in [4.69, 9.17) is 0 Å². The summed E-state index contributed by atoms with van der Waals surface area (Å²) in [6.07, 6.45) is 6.03. The van der Waals surface area contributed by atoms with E-state index < -0.39 is 0 Å². The van der Waals surface area contributed by atoms with Gasteiger partial charge in [-0.25, -0.2) is 0 Å². The molecule has 3 rings (SSSR count).